The molecule has 1 aromatic rings. The van der Waals surface area contributed by atoms with Gasteiger partial charge in [-0.1, -0.05) is 23.2 Å². The predicted molar refractivity (Wildman–Crippen MR) is 71.0 cm³/mol. The van der Waals surface area contributed by atoms with Gasteiger partial charge in [0.2, 0.25) is 0 Å². The fourth-order valence-corrected chi connectivity index (χ4v) is 2.45. The fourth-order valence-electron chi connectivity index (χ4n) is 2.15. The summed E-state index contributed by atoms with van der Waals surface area (Å²) in [5.74, 6) is 0.600. The number of halogens is 2. The Balaban J connectivity index is 2.01. The number of hydrogen-bond donors (Lipinski definition) is 1. The van der Waals surface area contributed by atoms with Gasteiger partial charge in [-0.2, -0.15) is 0 Å². The number of nitrogens with one attached hydrogen (secondary N) is 1. The summed E-state index contributed by atoms with van der Waals surface area (Å²) >= 11 is 11.7. The van der Waals surface area contributed by atoms with Crippen molar-refractivity contribution >= 4 is 29.0 Å². The zero-order valence-electron chi connectivity index (χ0n) is 9.51. The zero-order chi connectivity index (χ0) is 12.3. The monoisotopic (exact) mass is 271 g/mol. The summed E-state index contributed by atoms with van der Waals surface area (Å²) in [4.78, 5) is 12.0. The molecule has 92 valence electrons. The van der Waals surface area contributed by atoms with Crippen LogP contribution in [0.25, 0.3) is 0 Å². The van der Waals surface area contributed by atoms with E-state index in [-0.39, 0.29) is 5.78 Å². The van der Waals surface area contributed by atoms with Crippen molar-refractivity contribution in [2.45, 2.75) is 19.3 Å². The van der Waals surface area contributed by atoms with E-state index in [4.69, 9.17) is 23.2 Å². The van der Waals surface area contributed by atoms with Crippen LogP contribution in [-0.4, -0.2) is 18.9 Å². The molecule has 0 bridgehead atoms. The van der Waals surface area contributed by atoms with Crippen LogP contribution in [0.4, 0.5) is 0 Å². The standard InChI is InChI=1S/C13H15Cl2NO/c14-11-4-3-10(7-12(11)15)13(17)6-9-2-1-5-16-8-9/h3-4,7,9,16H,1-2,5-6,8H2. The number of benzene rings is 1. The molecule has 17 heavy (non-hydrogen) atoms. The normalized spacial score (nSPS) is 20.2. The van der Waals surface area contributed by atoms with Gasteiger partial charge in [-0.15, -0.1) is 0 Å². The minimum Gasteiger partial charge on any atom is -0.316 e. The maximum atomic E-state index is 12.0. The van der Waals surface area contributed by atoms with Gasteiger partial charge in [0.25, 0.3) is 0 Å². The molecule has 1 aliphatic heterocycles. The molecule has 2 rings (SSSR count). The highest BCUT2D eigenvalue weighted by Gasteiger charge is 2.18. The van der Waals surface area contributed by atoms with Gasteiger partial charge >= 0.3 is 0 Å². The third kappa shape index (κ3) is 3.44. The Bertz CT molecular complexity index is 414. The summed E-state index contributed by atoms with van der Waals surface area (Å²) in [5, 5.41) is 4.25. The van der Waals surface area contributed by atoms with E-state index in [9.17, 15) is 4.79 Å². The van der Waals surface area contributed by atoms with E-state index >= 15 is 0 Å². The Morgan fingerprint density at radius 3 is 2.82 bits per heavy atom. The van der Waals surface area contributed by atoms with Crippen LogP contribution in [-0.2, 0) is 0 Å². The lowest BCUT2D eigenvalue weighted by Crippen LogP contribution is -2.31. The van der Waals surface area contributed by atoms with E-state index in [2.05, 4.69) is 5.32 Å². The summed E-state index contributed by atoms with van der Waals surface area (Å²) in [7, 11) is 0. The van der Waals surface area contributed by atoms with Crippen molar-refractivity contribution in [2.75, 3.05) is 13.1 Å². The summed E-state index contributed by atoms with van der Waals surface area (Å²) in [6.07, 6.45) is 2.87. The molecule has 0 spiro atoms. The largest absolute Gasteiger partial charge is 0.316 e. The Morgan fingerprint density at radius 1 is 1.35 bits per heavy atom. The third-order valence-electron chi connectivity index (χ3n) is 3.11. The minimum absolute atomic E-state index is 0.150. The van der Waals surface area contributed by atoms with Crippen molar-refractivity contribution < 1.29 is 4.79 Å². The summed E-state index contributed by atoms with van der Waals surface area (Å²) in [6, 6.07) is 5.07. The number of carbonyl (C=O) groups is 1. The highest BCUT2D eigenvalue weighted by atomic mass is 35.5. The van der Waals surface area contributed by atoms with Crippen LogP contribution in [0.3, 0.4) is 0 Å². The predicted octanol–water partition coefficient (Wildman–Crippen LogP) is 3.57. The quantitative estimate of drug-likeness (QED) is 0.852. The highest BCUT2D eigenvalue weighted by molar-refractivity contribution is 6.42. The Hall–Kier alpha value is -0.570. The number of ketones is 1. The van der Waals surface area contributed by atoms with Gasteiger partial charge in [-0.25, -0.2) is 0 Å². The van der Waals surface area contributed by atoms with Gasteiger partial charge in [0.1, 0.15) is 0 Å². The Kier molecular flexibility index (Phi) is 4.43. The second kappa shape index (κ2) is 5.85. The van der Waals surface area contributed by atoms with E-state index in [1.165, 1.54) is 0 Å². The minimum atomic E-state index is 0.150. The molecule has 1 heterocycles. The first-order valence-electron chi connectivity index (χ1n) is 5.86. The maximum Gasteiger partial charge on any atom is 0.163 e. The first kappa shape index (κ1) is 12.9. The van der Waals surface area contributed by atoms with Gasteiger partial charge in [-0.3, -0.25) is 4.79 Å². The van der Waals surface area contributed by atoms with E-state index in [0.29, 0.717) is 27.9 Å². The van der Waals surface area contributed by atoms with Crippen molar-refractivity contribution in [2.24, 2.45) is 5.92 Å². The van der Waals surface area contributed by atoms with Crippen LogP contribution >= 0.6 is 23.2 Å². The molecule has 0 aromatic heterocycles. The van der Waals surface area contributed by atoms with Crippen molar-refractivity contribution in [3.05, 3.63) is 33.8 Å². The lowest BCUT2D eigenvalue weighted by atomic mass is 9.92. The molecular weight excluding hydrogens is 257 g/mol. The maximum absolute atomic E-state index is 12.0. The van der Waals surface area contributed by atoms with Crippen molar-refractivity contribution in [3.8, 4) is 0 Å². The van der Waals surface area contributed by atoms with E-state index in [1.54, 1.807) is 18.2 Å². The average Bonchev–Trinajstić information content (AvgIpc) is 2.34. The van der Waals surface area contributed by atoms with Gasteiger partial charge < -0.3 is 5.32 Å². The molecule has 0 amide bonds. The first-order valence-corrected chi connectivity index (χ1v) is 6.61. The van der Waals surface area contributed by atoms with Crippen molar-refractivity contribution in [1.82, 2.24) is 5.32 Å². The van der Waals surface area contributed by atoms with Crippen molar-refractivity contribution in [1.29, 1.82) is 0 Å². The summed E-state index contributed by atoms with van der Waals surface area (Å²) in [5.41, 5.74) is 0.657. The molecule has 0 aliphatic carbocycles. The molecule has 1 atom stereocenters. The van der Waals surface area contributed by atoms with Crippen LogP contribution in [0.1, 0.15) is 29.6 Å². The van der Waals surface area contributed by atoms with Gasteiger partial charge in [-0.05, 0) is 50.0 Å². The molecule has 0 saturated carbocycles. The van der Waals surface area contributed by atoms with Crippen LogP contribution < -0.4 is 5.32 Å². The average molecular weight is 272 g/mol. The summed E-state index contributed by atoms with van der Waals surface area (Å²) in [6.45, 7) is 2.00. The van der Waals surface area contributed by atoms with E-state index in [0.717, 1.165) is 25.9 Å². The summed E-state index contributed by atoms with van der Waals surface area (Å²) < 4.78 is 0. The van der Waals surface area contributed by atoms with Crippen LogP contribution in [0, 0.1) is 5.92 Å². The van der Waals surface area contributed by atoms with Crippen LogP contribution in [0.5, 0.6) is 0 Å². The Labute approximate surface area is 111 Å². The number of rotatable bonds is 3. The number of hydrogen-bond acceptors (Lipinski definition) is 2. The lowest BCUT2D eigenvalue weighted by molar-refractivity contribution is 0.0954. The molecule has 1 N–H and O–H groups in total. The zero-order valence-corrected chi connectivity index (χ0v) is 11.0. The number of Topliss-reactive ketones (excluding diaryl/α,β-unsaturated/α-hetero) is 1. The van der Waals surface area contributed by atoms with Crippen molar-refractivity contribution in [3.63, 3.8) is 0 Å². The Morgan fingerprint density at radius 2 is 2.18 bits per heavy atom. The second-order valence-electron chi connectivity index (χ2n) is 4.47. The molecule has 1 aliphatic rings. The van der Waals surface area contributed by atoms with Gasteiger partial charge in [0, 0.05) is 12.0 Å². The molecule has 4 heteroatoms. The van der Waals surface area contributed by atoms with Crippen LogP contribution in [0.2, 0.25) is 10.0 Å². The highest BCUT2D eigenvalue weighted by Crippen LogP contribution is 2.24. The topological polar surface area (TPSA) is 29.1 Å². The first-order chi connectivity index (χ1) is 8.16. The molecular formula is C13H15Cl2NO. The number of carbonyl (C=O) groups excluding carboxylic acids is 1. The second-order valence-corrected chi connectivity index (χ2v) is 5.28. The molecule has 2 nitrogen and oxygen atoms in total. The molecule has 1 saturated heterocycles. The third-order valence-corrected chi connectivity index (χ3v) is 3.85. The van der Waals surface area contributed by atoms with E-state index < -0.39 is 0 Å². The smallest absolute Gasteiger partial charge is 0.163 e. The molecule has 1 fully saturated rings. The SMILES string of the molecule is O=C(CC1CCCNC1)c1ccc(Cl)c(Cl)c1. The lowest BCUT2D eigenvalue weighted by Gasteiger charge is -2.21. The van der Waals surface area contributed by atoms with Crippen LogP contribution in [0.15, 0.2) is 18.2 Å². The molecule has 1 unspecified atom stereocenters. The number of piperidine rings is 1. The molecule has 0 radical (unpaired) electrons. The molecule has 1 aromatic carbocycles. The van der Waals surface area contributed by atoms with E-state index in [1.807, 2.05) is 0 Å². The van der Waals surface area contributed by atoms with Gasteiger partial charge in [0.15, 0.2) is 5.78 Å². The van der Waals surface area contributed by atoms with Gasteiger partial charge in [0.05, 0.1) is 10.0 Å². The fraction of sp³-hybridized carbons (Fsp3) is 0.462.